The number of nitrogens with one attached hydrogen (secondary N) is 1. The standard InChI is InChI=1S/C18H22N2O/c1-2-20-18(15-9-13-7-8-17(15)21-13)16-11-19-10-12-5-3-4-6-14(12)16/h3-6,10-11,13,15,17-18,20H,2,7-9H2,1H3. The average Bonchev–Trinajstić information content (AvgIpc) is 3.15. The summed E-state index contributed by atoms with van der Waals surface area (Å²) in [4.78, 5) is 4.47. The largest absolute Gasteiger partial charge is 0.375 e. The molecule has 0 radical (unpaired) electrons. The fourth-order valence-corrected chi connectivity index (χ4v) is 4.13. The highest BCUT2D eigenvalue weighted by atomic mass is 16.5. The Morgan fingerprint density at radius 1 is 1.29 bits per heavy atom. The maximum Gasteiger partial charge on any atom is 0.0627 e. The van der Waals surface area contributed by atoms with Crippen LogP contribution in [0.4, 0.5) is 0 Å². The predicted octanol–water partition coefficient (Wildman–Crippen LogP) is 3.45. The third-order valence-electron chi connectivity index (χ3n) is 5.04. The lowest BCUT2D eigenvalue weighted by molar-refractivity contribution is 0.0859. The first kappa shape index (κ1) is 13.2. The van der Waals surface area contributed by atoms with Gasteiger partial charge in [0.2, 0.25) is 0 Å². The van der Waals surface area contributed by atoms with E-state index in [-0.39, 0.29) is 0 Å². The summed E-state index contributed by atoms with van der Waals surface area (Å²) < 4.78 is 6.09. The summed E-state index contributed by atoms with van der Waals surface area (Å²) in [7, 11) is 0. The Labute approximate surface area is 125 Å². The van der Waals surface area contributed by atoms with Gasteiger partial charge in [-0.1, -0.05) is 31.2 Å². The fourth-order valence-electron chi connectivity index (χ4n) is 4.13. The topological polar surface area (TPSA) is 34.2 Å². The van der Waals surface area contributed by atoms with Gasteiger partial charge in [0.25, 0.3) is 0 Å². The zero-order valence-corrected chi connectivity index (χ0v) is 12.5. The van der Waals surface area contributed by atoms with Crippen molar-refractivity contribution in [1.29, 1.82) is 0 Å². The lowest BCUT2D eigenvalue weighted by Crippen LogP contribution is -2.34. The zero-order valence-electron chi connectivity index (χ0n) is 12.5. The summed E-state index contributed by atoms with van der Waals surface area (Å²) in [6, 6.07) is 8.91. The molecule has 2 aliphatic heterocycles. The van der Waals surface area contributed by atoms with Crippen LogP contribution >= 0.6 is 0 Å². The van der Waals surface area contributed by atoms with E-state index in [1.807, 2.05) is 12.4 Å². The van der Waals surface area contributed by atoms with Crippen LogP contribution in [0.25, 0.3) is 10.8 Å². The molecule has 110 valence electrons. The highest BCUT2D eigenvalue weighted by Gasteiger charge is 2.44. The number of benzene rings is 1. The second-order valence-corrected chi connectivity index (χ2v) is 6.26. The molecule has 21 heavy (non-hydrogen) atoms. The monoisotopic (exact) mass is 282 g/mol. The van der Waals surface area contributed by atoms with E-state index in [4.69, 9.17) is 4.74 Å². The number of ether oxygens (including phenoxy) is 1. The smallest absolute Gasteiger partial charge is 0.0627 e. The van der Waals surface area contributed by atoms with Crippen LogP contribution in [0.2, 0.25) is 0 Å². The van der Waals surface area contributed by atoms with Crippen molar-refractivity contribution in [2.75, 3.05) is 6.54 Å². The number of rotatable bonds is 4. The number of pyridine rings is 1. The fraction of sp³-hybridized carbons (Fsp3) is 0.500. The van der Waals surface area contributed by atoms with Crippen LogP contribution in [0, 0.1) is 5.92 Å². The second-order valence-electron chi connectivity index (χ2n) is 6.26. The summed E-state index contributed by atoms with van der Waals surface area (Å²) in [5.41, 5.74) is 1.33. The third-order valence-corrected chi connectivity index (χ3v) is 5.04. The first-order valence-electron chi connectivity index (χ1n) is 8.08. The number of fused-ring (bicyclic) bond motifs is 3. The van der Waals surface area contributed by atoms with Crippen molar-refractivity contribution < 1.29 is 4.74 Å². The Hall–Kier alpha value is -1.45. The lowest BCUT2D eigenvalue weighted by Gasteiger charge is -2.30. The minimum Gasteiger partial charge on any atom is -0.375 e. The molecule has 2 fully saturated rings. The van der Waals surface area contributed by atoms with Crippen LogP contribution < -0.4 is 5.32 Å². The van der Waals surface area contributed by atoms with Gasteiger partial charge >= 0.3 is 0 Å². The summed E-state index contributed by atoms with van der Waals surface area (Å²) in [6.45, 7) is 3.15. The Bertz CT molecular complexity index is 637. The molecule has 3 nitrogen and oxygen atoms in total. The van der Waals surface area contributed by atoms with Crippen LogP contribution in [-0.4, -0.2) is 23.7 Å². The van der Waals surface area contributed by atoms with Crippen molar-refractivity contribution in [2.24, 2.45) is 5.92 Å². The van der Waals surface area contributed by atoms with E-state index in [1.165, 1.54) is 35.6 Å². The number of aromatic nitrogens is 1. The van der Waals surface area contributed by atoms with Gasteiger partial charge in [-0.05, 0) is 36.8 Å². The van der Waals surface area contributed by atoms with Gasteiger partial charge < -0.3 is 10.1 Å². The van der Waals surface area contributed by atoms with Gasteiger partial charge in [0.1, 0.15) is 0 Å². The van der Waals surface area contributed by atoms with E-state index in [2.05, 4.69) is 41.5 Å². The Balaban J connectivity index is 1.76. The van der Waals surface area contributed by atoms with Crippen LogP contribution in [0.3, 0.4) is 0 Å². The maximum atomic E-state index is 6.09. The predicted molar refractivity (Wildman–Crippen MR) is 84.2 cm³/mol. The molecule has 4 rings (SSSR count). The number of hydrogen-bond acceptors (Lipinski definition) is 3. The average molecular weight is 282 g/mol. The van der Waals surface area contributed by atoms with E-state index in [0.29, 0.717) is 24.2 Å². The number of hydrogen-bond donors (Lipinski definition) is 1. The number of nitrogens with zero attached hydrogens (tertiary/aromatic N) is 1. The van der Waals surface area contributed by atoms with Crippen molar-refractivity contribution >= 4 is 10.8 Å². The molecule has 4 atom stereocenters. The van der Waals surface area contributed by atoms with Crippen molar-refractivity contribution in [3.8, 4) is 0 Å². The van der Waals surface area contributed by atoms with Crippen LogP contribution in [0.5, 0.6) is 0 Å². The molecule has 0 aliphatic carbocycles. The molecule has 4 unspecified atom stereocenters. The molecule has 1 aromatic heterocycles. The van der Waals surface area contributed by atoms with Gasteiger partial charge in [0.15, 0.2) is 0 Å². The van der Waals surface area contributed by atoms with E-state index in [9.17, 15) is 0 Å². The highest BCUT2D eigenvalue weighted by molar-refractivity contribution is 5.85. The molecule has 0 saturated carbocycles. The van der Waals surface area contributed by atoms with Gasteiger partial charge in [-0.25, -0.2) is 0 Å². The molecule has 2 aromatic rings. The van der Waals surface area contributed by atoms with E-state index in [0.717, 1.165) is 6.54 Å². The molecular formula is C18H22N2O. The molecular weight excluding hydrogens is 260 g/mol. The first-order chi connectivity index (χ1) is 10.4. The molecule has 2 saturated heterocycles. The maximum absolute atomic E-state index is 6.09. The Kier molecular flexibility index (Phi) is 3.40. The van der Waals surface area contributed by atoms with Crippen molar-refractivity contribution in [2.45, 2.75) is 44.4 Å². The highest BCUT2D eigenvalue weighted by Crippen LogP contribution is 2.45. The summed E-state index contributed by atoms with van der Waals surface area (Å²) in [5, 5.41) is 6.24. The van der Waals surface area contributed by atoms with Crippen molar-refractivity contribution in [1.82, 2.24) is 10.3 Å². The SMILES string of the molecule is CCNC(c1cncc2ccccc12)C1CC2CCC1O2. The van der Waals surface area contributed by atoms with Crippen LogP contribution in [0.1, 0.15) is 37.8 Å². The van der Waals surface area contributed by atoms with Crippen molar-refractivity contribution in [3.63, 3.8) is 0 Å². The van der Waals surface area contributed by atoms with Gasteiger partial charge in [0, 0.05) is 29.7 Å². The van der Waals surface area contributed by atoms with Crippen molar-refractivity contribution in [3.05, 3.63) is 42.2 Å². The third kappa shape index (κ3) is 2.25. The minimum atomic E-state index is 0.351. The van der Waals surface area contributed by atoms with Gasteiger partial charge in [0.05, 0.1) is 12.2 Å². The normalized spacial score (nSPS) is 29.1. The first-order valence-corrected chi connectivity index (χ1v) is 8.08. The summed E-state index contributed by atoms with van der Waals surface area (Å²) in [5.74, 6) is 0.580. The Morgan fingerprint density at radius 2 is 2.19 bits per heavy atom. The molecule has 0 amide bonds. The minimum absolute atomic E-state index is 0.351. The van der Waals surface area contributed by atoms with E-state index < -0.39 is 0 Å². The molecule has 1 aromatic carbocycles. The van der Waals surface area contributed by atoms with Crippen LogP contribution in [-0.2, 0) is 4.74 Å². The zero-order chi connectivity index (χ0) is 14.2. The van der Waals surface area contributed by atoms with Gasteiger partial charge in [-0.15, -0.1) is 0 Å². The Morgan fingerprint density at radius 3 is 2.95 bits per heavy atom. The molecule has 3 heteroatoms. The molecule has 0 spiro atoms. The van der Waals surface area contributed by atoms with Gasteiger partial charge in [-0.3, -0.25) is 4.98 Å². The molecule has 2 bridgehead atoms. The lowest BCUT2D eigenvalue weighted by atomic mass is 9.80. The summed E-state index contributed by atoms with van der Waals surface area (Å²) in [6.07, 6.45) is 8.57. The quantitative estimate of drug-likeness (QED) is 0.932. The van der Waals surface area contributed by atoms with E-state index in [1.54, 1.807) is 0 Å². The molecule has 2 aliphatic rings. The summed E-state index contributed by atoms with van der Waals surface area (Å²) >= 11 is 0. The van der Waals surface area contributed by atoms with Gasteiger partial charge in [-0.2, -0.15) is 0 Å². The molecule has 3 heterocycles. The van der Waals surface area contributed by atoms with Crippen LogP contribution in [0.15, 0.2) is 36.7 Å². The molecule has 1 N–H and O–H groups in total. The second kappa shape index (κ2) is 5.39. The van der Waals surface area contributed by atoms with E-state index >= 15 is 0 Å².